The van der Waals surface area contributed by atoms with Crippen LogP contribution in [0.5, 0.6) is 0 Å². The molecule has 8 nitrogen and oxygen atoms in total. The monoisotopic (exact) mass is 400 g/mol. The van der Waals surface area contributed by atoms with Crippen molar-refractivity contribution in [1.29, 1.82) is 5.26 Å². The molecule has 1 aromatic rings. The minimum Gasteiger partial charge on any atom is -0.301 e. The molecule has 0 unspecified atom stereocenters. The summed E-state index contributed by atoms with van der Waals surface area (Å²) >= 11 is 0. The van der Waals surface area contributed by atoms with Gasteiger partial charge in [-0.25, -0.2) is 21.1 Å². The summed E-state index contributed by atoms with van der Waals surface area (Å²) in [6, 6.07) is 8.11. The molecule has 1 fully saturated rings. The van der Waals surface area contributed by atoms with E-state index < -0.39 is 20.0 Å². The van der Waals surface area contributed by atoms with Gasteiger partial charge in [-0.2, -0.15) is 9.57 Å². The molecule has 0 aromatic heterocycles. The van der Waals surface area contributed by atoms with Crippen molar-refractivity contribution in [3.63, 3.8) is 0 Å². The Morgan fingerprint density at radius 3 is 2.27 bits per heavy atom. The van der Waals surface area contributed by atoms with E-state index in [1.165, 1.54) is 34.8 Å². The standard InChI is InChI=1S/C16H24N4O4S2/c1-18(2)25(21,22)13-5-8-19-9-11-20(12-10-19)26(23,24)16-7-4-3-6-15(16)14-17/h3-4,6-7H,5,8-13H2,1-2H3. The lowest BCUT2D eigenvalue weighted by atomic mass is 10.2. The minimum absolute atomic E-state index is 0.0352. The molecule has 1 aromatic carbocycles. The Morgan fingerprint density at radius 2 is 1.69 bits per heavy atom. The highest BCUT2D eigenvalue weighted by Gasteiger charge is 2.30. The largest absolute Gasteiger partial charge is 0.301 e. The van der Waals surface area contributed by atoms with Crippen LogP contribution in [0.4, 0.5) is 0 Å². The first-order valence-electron chi connectivity index (χ1n) is 8.30. The van der Waals surface area contributed by atoms with Crippen molar-refractivity contribution in [2.75, 3.05) is 52.6 Å². The van der Waals surface area contributed by atoms with Crippen LogP contribution in [0.15, 0.2) is 29.2 Å². The van der Waals surface area contributed by atoms with Crippen molar-refractivity contribution in [3.8, 4) is 6.07 Å². The first kappa shape index (κ1) is 20.8. The number of piperazine rings is 1. The van der Waals surface area contributed by atoms with E-state index in [0.29, 0.717) is 39.1 Å². The quantitative estimate of drug-likeness (QED) is 0.645. The molecule has 1 saturated heterocycles. The molecule has 1 heterocycles. The third kappa shape index (κ3) is 4.81. The van der Waals surface area contributed by atoms with Crippen LogP contribution < -0.4 is 0 Å². The van der Waals surface area contributed by atoms with Crippen LogP contribution in [0.1, 0.15) is 12.0 Å². The molecule has 144 valence electrons. The van der Waals surface area contributed by atoms with E-state index in [-0.39, 0.29) is 16.2 Å². The average Bonchev–Trinajstić information content (AvgIpc) is 2.61. The van der Waals surface area contributed by atoms with Crippen molar-refractivity contribution >= 4 is 20.0 Å². The SMILES string of the molecule is CN(C)S(=O)(=O)CCCN1CCN(S(=O)(=O)c2ccccc2C#N)CC1. The third-order valence-electron chi connectivity index (χ3n) is 4.39. The molecule has 0 atom stereocenters. The van der Waals surface area contributed by atoms with Gasteiger partial charge in [0, 0.05) is 40.3 Å². The zero-order valence-electron chi connectivity index (χ0n) is 15.0. The van der Waals surface area contributed by atoms with E-state index in [9.17, 15) is 16.8 Å². The highest BCUT2D eigenvalue weighted by atomic mass is 32.2. The van der Waals surface area contributed by atoms with Gasteiger partial charge in [0.05, 0.1) is 16.2 Å². The van der Waals surface area contributed by atoms with Gasteiger partial charge in [-0.05, 0) is 25.1 Å². The molecule has 0 bridgehead atoms. The van der Waals surface area contributed by atoms with Gasteiger partial charge in [0.25, 0.3) is 0 Å². The van der Waals surface area contributed by atoms with E-state index in [4.69, 9.17) is 5.26 Å². The molecule has 0 spiro atoms. The predicted molar refractivity (Wildman–Crippen MR) is 98.4 cm³/mol. The number of nitriles is 1. The molecule has 1 aliphatic rings. The summed E-state index contributed by atoms with van der Waals surface area (Å²) < 4.78 is 51.7. The van der Waals surface area contributed by atoms with Crippen LogP contribution in [0, 0.1) is 11.3 Å². The van der Waals surface area contributed by atoms with Gasteiger partial charge in [0.2, 0.25) is 20.0 Å². The van der Waals surface area contributed by atoms with E-state index in [1.54, 1.807) is 12.1 Å². The molecule has 2 rings (SSSR count). The maximum absolute atomic E-state index is 12.8. The molecule has 0 N–H and O–H groups in total. The molecular formula is C16H24N4O4S2. The number of benzene rings is 1. The average molecular weight is 401 g/mol. The molecule has 0 amide bonds. The summed E-state index contributed by atoms with van der Waals surface area (Å²) in [7, 11) is -3.88. The van der Waals surface area contributed by atoms with Crippen molar-refractivity contribution in [3.05, 3.63) is 29.8 Å². The maximum atomic E-state index is 12.8. The summed E-state index contributed by atoms with van der Waals surface area (Å²) in [5.74, 6) is 0.0774. The fraction of sp³-hybridized carbons (Fsp3) is 0.562. The van der Waals surface area contributed by atoms with Crippen molar-refractivity contribution in [2.45, 2.75) is 11.3 Å². The zero-order valence-corrected chi connectivity index (χ0v) is 16.6. The van der Waals surface area contributed by atoms with Crippen LogP contribution >= 0.6 is 0 Å². The van der Waals surface area contributed by atoms with E-state index >= 15 is 0 Å². The van der Waals surface area contributed by atoms with E-state index in [2.05, 4.69) is 4.90 Å². The number of hydrogen-bond acceptors (Lipinski definition) is 6. The van der Waals surface area contributed by atoms with Gasteiger partial charge in [0.1, 0.15) is 6.07 Å². The lowest BCUT2D eigenvalue weighted by molar-refractivity contribution is 0.189. The smallest absolute Gasteiger partial charge is 0.244 e. The Kier molecular flexibility index (Phi) is 6.76. The summed E-state index contributed by atoms with van der Waals surface area (Å²) in [5.41, 5.74) is 0.142. The summed E-state index contributed by atoms with van der Waals surface area (Å²) in [5, 5.41) is 9.13. The van der Waals surface area contributed by atoms with Crippen LogP contribution in [-0.2, 0) is 20.0 Å². The van der Waals surface area contributed by atoms with E-state index in [1.807, 2.05) is 6.07 Å². The van der Waals surface area contributed by atoms with Crippen molar-refractivity contribution < 1.29 is 16.8 Å². The summed E-state index contributed by atoms with van der Waals surface area (Å²) in [6.07, 6.45) is 0.504. The second-order valence-electron chi connectivity index (χ2n) is 6.31. The number of sulfonamides is 2. The fourth-order valence-corrected chi connectivity index (χ4v) is 5.19. The van der Waals surface area contributed by atoms with Gasteiger partial charge in [0.15, 0.2) is 0 Å². The van der Waals surface area contributed by atoms with Gasteiger partial charge in [-0.15, -0.1) is 0 Å². The Hall–Kier alpha value is -1.51. The van der Waals surface area contributed by atoms with Crippen LogP contribution in [0.2, 0.25) is 0 Å². The Balaban J connectivity index is 1.93. The summed E-state index contributed by atoms with van der Waals surface area (Å²) in [4.78, 5) is 2.10. The highest BCUT2D eigenvalue weighted by molar-refractivity contribution is 7.89. The molecule has 0 saturated carbocycles. The van der Waals surface area contributed by atoms with Crippen LogP contribution in [0.25, 0.3) is 0 Å². The molecule has 1 aliphatic heterocycles. The number of nitrogens with zero attached hydrogens (tertiary/aromatic N) is 4. The summed E-state index contributed by atoms with van der Waals surface area (Å²) in [6.45, 7) is 2.33. The molecule has 10 heteroatoms. The van der Waals surface area contributed by atoms with Gasteiger partial charge in [-0.3, -0.25) is 0 Å². The first-order valence-corrected chi connectivity index (χ1v) is 11.4. The second-order valence-corrected chi connectivity index (χ2v) is 10.5. The maximum Gasteiger partial charge on any atom is 0.244 e. The normalized spacial score (nSPS) is 17.3. The molecular weight excluding hydrogens is 376 g/mol. The first-order chi connectivity index (χ1) is 12.2. The lowest BCUT2D eigenvalue weighted by Crippen LogP contribution is -2.49. The van der Waals surface area contributed by atoms with Crippen LogP contribution in [0.3, 0.4) is 0 Å². The van der Waals surface area contributed by atoms with Crippen molar-refractivity contribution in [2.24, 2.45) is 0 Å². The van der Waals surface area contributed by atoms with Crippen LogP contribution in [-0.4, -0.2) is 82.9 Å². The Bertz CT molecular complexity index is 868. The zero-order chi connectivity index (χ0) is 19.4. The van der Waals surface area contributed by atoms with Crippen molar-refractivity contribution in [1.82, 2.24) is 13.5 Å². The lowest BCUT2D eigenvalue weighted by Gasteiger charge is -2.34. The Morgan fingerprint density at radius 1 is 1.08 bits per heavy atom. The van der Waals surface area contributed by atoms with Gasteiger partial charge in [-0.1, -0.05) is 12.1 Å². The Labute approximate surface area is 155 Å². The number of hydrogen-bond donors (Lipinski definition) is 0. The van der Waals surface area contributed by atoms with E-state index in [0.717, 1.165) is 0 Å². The minimum atomic E-state index is -3.70. The fourth-order valence-electron chi connectivity index (χ4n) is 2.77. The number of rotatable bonds is 7. The third-order valence-corrected chi connectivity index (χ3v) is 8.26. The predicted octanol–water partition coefficient (Wildman–Crippen LogP) is 0.146. The topological polar surface area (TPSA) is 102 Å². The second kappa shape index (κ2) is 8.45. The molecule has 0 aliphatic carbocycles. The van der Waals surface area contributed by atoms with Gasteiger partial charge < -0.3 is 4.90 Å². The molecule has 0 radical (unpaired) electrons. The molecule has 26 heavy (non-hydrogen) atoms. The highest BCUT2D eigenvalue weighted by Crippen LogP contribution is 2.21. The van der Waals surface area contributed by atoms with Gasteiger partial charge >= 0.3 is 0 Å².